The Balaban J connectivity index is 0.00000312. The van der Waals surface area contributed by atoms with Crippen molar-refractivity contribution in [2.45, 2.75) is 62.1 Å². The van der Waals surface area contributed by atoms with Gasteiger partial charge in [-0.3, -0.25) is 4.79 Å². The van der Waals surface area contributed by atoms with Crippen molar-refractivity contribution in [2.24, 2.45) is 11.7 Å². The van der Waals surface area contributed by atoms with E-state index in [-0.39, 0.29) is 29.3 Å². The first-order chi connectivity index (χ1) is 11.4. The third-order valence-electron chi connectivity index (χ3n) is 4.85. The van der Waals surface area contributed by atoms with E-state index in [4.69, 9.17) is 5.73 Å². The fourth-order valence-corrected chi connectivity index (χ4v) is 4.29. The fourth-order valence-electron chi connectivity index (χ4n) is 3.23. The Morgan fingerprint density at radius 1 is 1.16 bits per heavy atom. The van der Waals surface area contributed by atoms with Crippen LogP contribution in [0.4, 0.5) is 0 Å². The predicted molar refractivity (Wildman–Crippen MR) is 103 cm³/mol. The number of amides is 1. The normalized spacial score (nSPS) is 17.0. The van der Waals surface area contributed by atoms with Gasteiger partial charge in [-0.1, -0.05) is 19.3 Å². The lowest BCUT2D eigenvalue weighted by Gasteiger charge is -2.30. The molecular weight excluding hydrogens is 360 g/mol. The number of carbonyl (C=O) groups is 1. The Labute approximate surface area is 157 Å². The van der Waals surface area contributed by atoms with E-state index in [1.54, 1.807) is 26.0 Å². The van der Waals surface area contributed by atoms with E-state index >= 15 is 0 Å². The molecule has 142 valence electrons. The van der Waals surface area contributed by atoms with Gasteiger partial charge in [-0.2, -0.15) is 0 Å². The summed E-state index contributed by atoms with van der Waals surface area (Å²) < 4.78 is 24.3. The second-order valence-electron chi connectivity index (χ2n) is 6.83. The SMILES string of the molecule is CC(C)S(=O)(=O)c1ccc(C(=O)NC(CN)C2CCCCC2)cc1.Cl. The molecule has 1 aromatic carbocycles. The van der Waals surface area contributed by atoms with Gasteiger partial charge in [0.15, 0.2) is 9.84 Å². The number of sulfone groups is 1. The molecule has 1 saturated carbocycles. The highest BCUT2D eigenvalue weighted by Crippen LogP contribution is 2.26. The molecule has 1 aliphatic rings. The molecule has 1 aromatic rings. The van der Waals surface area contributed by atoms with Crippen molar-refractivity contribution >= 4 is 28.2 Å². The highest BCUT2D eigenvalue weighted by Gasteiger charge is 2.25. The number of rotatable bonds is 6. The maximum atomic E-state index is 12.4. The molecule has 0 aromatic heterocycles. The standard InChI is InChI=1S/C18H28N2O3S.ClH/c1-13(2)24(22,23)16-10-8-15(9-11-16)18(21)20-17(12-19)14-6-4-3-5-7-14;/h8-11,13-14,17H,3-7,12,19H2,1-2H3,(H,20,21);1H. The first-order valence-corrected chi connectivity index (χ1v) is 10.3. The minimum Gasteiger partial charge on any atom is -0.348 e. The second kappa shape index (κ2) is 9.55. The number of nitrogens with two attached hydrogens (primary N) is 1. The van der Waals surface area contributed by atoms with Gasteiger partial charge >= 0.3 is 0 Å². The van der Waals surface area contributed by atoms with Crippen molar-refractivity contribution in [1.82, 2.24) is 5.32 Å². The summed E-state index contributed by atoms with van der Waals surface area (Å²) in [6.07, 6.45) is 5.85. The summed E-state index contributed by atoms with van der Waals surface area (Å²) in [5, 5.41) is 2.54. The van der Waals surface area contributed by atoms with Crippen LogP contribution >= 0.6 is 12.4 Å². The summed E-state index contributed by atoms with van der Waals surface area (Å²) in [6.45, 7) is 3.72. The zero-order chi connectivity index (χ0) is 17.7. The van der Waals surface area contributed by atoms with Crippen LogP contribution in [0.15, 0.2) is 29.2 Å². The summed E-state index contributed by atoms with van der Waals surface area (Å²) in [5.74, 6) is 0.248. The van der Waals surface area contributed by atoms with Gasteiger partial charge in [0.1, 0.15) is 0 Å². The first-order valence-electron chi connectivity index (χ1n) is 8.71. The van der Waals surface area contributed by atoms with Crippen LogP contribution in [0, 0.1) is 5.92 Å². The largest absolute Gasteiger partial charge is 0.348 e. The molecule has 0 saturated heterocycles. The molecule has 5 nitrogen and oxygen atoms in total. The van der Waals surface area contributed by atoms with E-state index in [0.29, 0.717) is 18.0 Å². The number of benzene rings is 1. The second-order valence-corrected chi connectivity index (χ2v) is 9.34. The highest BCUT2D eigenvalue weighted by molar-refractivity contribution is 7.92. The highest BCUT2D eigenvalue weighted by atomic mass is 35.5. The molecule has 25 heavy (non-hydrogen) atoms. The maximum absolute atomic E-state index is 12.4. The smallest absolute Gasteiger partial charge is 0.251 e. The van der Waals surface area contributed by atoms with Crippen LogP contribution in [0.5, 0.6) is 0 Å². The molecular formula is C18H29ClN2O3S. The van der Waals surface area contributed by atoms with Crippen LogP contribution in [-0.4, -0.2) is 32.2 Å². The molecule has 0 aliphatic heterocycles. The van der Waals surface area contributed by atoms with Crippen molar-refractivity contribution < 1.29 is 13.2 Å². The van der Waals surface area contributed by atoms with Crippen LogP contribution in [0.2, 0.25) is 0 Å². The summed E-state index contributed by atoms with van der Waals surface area (Å²) in [5.41, 5.74) is 6.32. The molecule has 0 radical (unpaired) electrons. The van der Waals surface area contributed by atoms with E-state index in [0.717, 1.165) is 12.8 Å². The Kier molecular flexibility index (Phi) is 8.38. The quantitative estimate of drug-likeness (QED) is 0.783. The van der Waals surface area contributed by atoms with Gasteiger partial charge in [0.25, 0.3) is 5.91 Å². The van der Waals surface area contributed by atoms with Crippen molar-refractivity contribution in [2.75, 3.05) is 6.54 Å². The van der Waals surface area contributed by atoms with Gasteiger partial charge in [-0.05, 0) is 56.9 Å². The molecule has 1 aliphatic carbocycles. The van der Waals surface area contributed by atoms with Gasteiger partial charge in [-0.15, -0.1) is 12.4 Å². The average molecular weight is 389 g/mol. The van der Waals surface area contributed by atoms with Gasteiger partial charge in [-0.25, -0.2) is 8.42 Å². The molecule has 1 unspecified atom stereocenters. The van der Waals surface area contributed by atoms with Crippen LogP contribution in [0.25, 0.3) is 0 Å². The summed E-state index contributed by atoms with van der Waals surface area (Å²) >= 11 is 0. The topological polar surface area (TPSA) is 89.3 Å². The monoisotopic (exact) mass is 388 g/mol. The maximum Gasteiger partial charge on any atom is 0.251 e. The summed E-state index contributed by atoms with van der Waals surface area (Å²) in [4.78, 5) is 12.7. The van der Waals surface area contributed by atoms with Crippen LogP contribution in [-0.2, 0) is 9.84 Å². The zero-order valence-electron chi connectivity index (χ0n) is 14.9. The third kappa shape index (κ3) is 5.43. The Bertz CT molecular complexity index is 653. The van der Waals surface area contributed by atoms with Crippen molar-refractivity contribution in [3.05, 3.63) is 29.8 Å². The molecule has 7 heteroatoms. The number of halogens is 1. The van der Waals surface area contributed by atoms with Gasteiger partial charge in [0.05, 0.1) is 10.1 Å². The molecule has 0 bridgehead atoms. The van der Waals surface area contributed by atoms with Gasteiger partial charge in [0, 0.05) is 18.2 Å². The Morgan fingerprint density at radius 2 is 1.72 bits per heavy atom. The van der Waals surface area contributed by atoms with Gasteiger partial charge < -0.3 is 11.1 Å². The predicted octanol–water partition coefficient (Wildman–Crippen LogP) is 2.93. The molecule has 1 fully saturated rings. The molecule has 1 amide bonds. The summed E-state index contributed by atoms with van der Waals surface area (Å²) in [6, 6.07) is 6.12. The average Bonchev–Trinajstić information content (AvgIpc) is 2.60. The van der Waals surface area contributed by atoms with E-state index in [9.17, 15) is 13.2 Å². The number of hydrogen-bond acceptors (Lipinski definition) is 4. The van der Waals surface area contributed by atoms with Crippen LogP contribution in [0.3, 0.4) is 0 Å². The molecule has 2 rings (SSSR count). The van der Waals surface area contributed by atoms with Crippen molar-refractivity contribution in [1.29, 1.82) is 0 Å². The lowest BCUT2D eigenvalue weighted by molar-refractivity contribution is 0.0915. The van der Waals surface area contributed by atoms with Crippen molar-refractivity contribution in [3.63, 3.8) is 0 Å². The summed E-state index contributed by atoms with van der Waals surface area (Å²) in [7, 11) is -3.32. The van der Waals surface area contributed by atoms with Crippen LogP contribution in [0.1, 0.15) is 56.3 Å². The number of hydrogen-bond donors (Lipinski definition) is 2. The molecule has 3 N–H and O–H groups in total. The van der Waals surface area contributed by atoms with Gasteiger partial charge in [0.2, 0.25) is 0 Å². The Morgan fingerprint density at radius 3 is 2.20 bits per heavy atom. The molecule has 0 heterocycles. The van der Waals surface area contributed by atoms with E-state index in [2.05, 4.69) is 5.32 Å². The molecule has 1 atom stereocenters. The molecule has 0 spiro atoms. The zero-order valence-corrected chi connectivity index (χ0v) is 16.5. The van der Waals surface area contributed by atoms with Crippen LogP contribution < -0.4 is 11.1 Å². The number of carbonyl (C=O) groups excluding carboxylic acids is 1. The van der Waals surface area contributed by atoms with E-state index in [1.165, 1.54) is 31.4 Å². The minimum atomic E-state index is -3.32. The van der Waals surface area contributed by atoms with E-state index < -0.39 is 15.1 Å². The lowest BCUT2D eigenvalue weighted by Crippen LogP contribution is -2.45. The van der Waals surface area contributed by atoms with Crippen molar-refractivity contribution in [3.8, 4) is 0 Å². The first kappa shape index (κ1) is 21.9. The third-order valence-corrected chi connectivity index (χ3v) is 7.03. The van der Waals surface area contributed by atoms with E-state index in [1.807, 2.05) is 0 Å². The number of nitrogens with one attached hydrogen (secondary N) is 1. The lowest BCUT2D eigenvalue weighted by atomic mass is 9.84. The fraction of sp³-hybridized carbons (Fsp3) is 0.611. The minimum absolute atomic E-state index is 0. The Hall–Kier alpha value is -1.11.